The molecule has 3 N–H and O–H groups in total. The van der Waals surface area contributed by atoms with Crippen LogP contribution >= 0.6 is 0 Å². The molecule has 1 aliphatic rings. The van der Waals surface area contributed by atoms with Gasteiger partial charge < -0.3 is 25.2 Å². The van der Waals surface area contributed by atoms with Gasteiger partial charge in [0.15, 0.2) is 0 Å². The number of carbonyl (C=O) groups is 1. The van der Waals surface area contributed by atoms with Crippen LogP contribution in [-0.2, 0) is 5.60 Å². The number of fused-ring (bicyclic) bond motifs is 1. The topological polar surface area (TPSA) is 79.8 Å². The minimum absolute atomic E-state index is 0.100. The zero-order valence-electron chi connectivity index (χ0n) is 13.4. The van der Waals surface area contributed by atoms with E-state index >= 15 is 0 Å². The van der Waals surface area contributed by atoms with Crippen LogP contribution in [-0.4, -0.2) is 31.4 Å². The highest BCUT2D eigenvalue weighted by atomic mass is 16.5. The second-order valence-electron chi connectivity index (χ2n) is 5.67. The first-order chi connectivity index (χ1) is 11.6. The predicted molar refractivity (Wildman–Crippen MR) is 90.5 cm³/mol. The first-order valence-electron chi connectivity index (χ1n) is 7.74. The minimum Gasteiger partial charge on any atom is -0.497 e. The zero-order valence-corrected chi connectivity index (χ0v) is 13.4. The Balaban J connectivity index is 1.64. The quantitative estimate of drug-likeness (QED) is 0.805. The van der Waals surface area contributed by atoms with Crippen molar-refractivity contribution < 1.29 is 19.4 Å². The number of hydrogen-bond acceptors (Lipinski definition) is 4. The molecule has 0 saturated heterocycles. The molecular formula is C18H20N2O4. The molecule has 2 aromatic rings. The molecule has 126 valence electrons. The summed E-state index contributed by atoms with van der Waals surface area (Å²) in [5, 5.41) is 16.3. The number of para-hydroxylation sites is 1. The Bertz CT molecular complexity index is 734. The molecule has 6 heteroatoms. The van der Waals surface area contributed by atoms with E-state index in [0.29, 0.717) is 35.8 Å². The molecular weight excluding hydrogens is 308 g/mol. The first-order valence-corrected chi connectivity index (χ1v) is 7.74. The number of hydrogen-bond donors (Lipinski definition) is 3. The van der Waals surface area contributed by atoms with Gasteiger partial charge in [-0.15, -0.1) is 0 Å². The Morgan fingerprint density at radius 2 is 2.12 bits per heavy atom. The number of methoxy groups -OCH3 is 1. The van der Waals surface area contributed by atoms with E-state index in [1.54, 1.807) is 31.4 Å². The van der Waals surface area contributed by atoms with Crippen LogP contribution in [0, 0.1) is 0 Å². The smallest absolute Gasteiger partial charge is 0.319 e. The third-order valence-electron chi connectivity index (χ3n) is 4.03. The molecule has 0 spiro atoms. The van der Waals surface area contributed by atoms with Crippen LogP contribution < -0.4 is 20.1 Å². The van der Waals surface area contributed by atoms with Crippen LogP contribution in [0.1, 0.15) is 12.0 Å². The van der Waals surface area contributed by atoms with E-state index in [9.17, 15) is 9.90 Å². The van der Waals surface area contributed by atoms with Crippen molar-refractivity contribution in [3.05, 3.63) is 54.1 Å². The van der Waals surface area contributed by atoms with E-state index in [-0.39, 0.29) is 12.6 Å². The van der Waals surface area contributed by atoms with Crippen molar-refractivity contribution in [3.63, 3.8) is 0 Å². The summed E-state index contributed by atoms with van der Waals surface area (Å²) < 4.78 is 10.7. The van der Waals surface area contributed by atoms with E-state index in [4.69, 9.17) is 9.47 Å². The van der Waals surface area contributed by atoms with Gasteiger partial charge in [-0.05, 0) is 18.2 Å². The first kappa shape index (κ1) is 16.1. The summed E-state index contributed by atoms with van der Waals surface area (Å²) in [6.45, 7) is 0.510. The number of carbonyl (C=O) groups excluding carboxylic acids is 1. The zero-order chi connectivity index (χ0) is 17.0. The second-order valence-corrected chi connectivity index (χ2v) is 5.67. The molecule has 24 heavy (non-hydrogen) atoms. The number of ether oxygens (including phenoxy) is 2. The summed E-state index contributed by atoms with van der Waals surface area (Å²) in [7, 11) is 1.57. The molecule has 0 bridgehead atoms. The van der Waals surface area contributed by atoms with Crippen LogP contribution in [0.15, 0.2) is 48.5 Å². The largest absolute Gasteiger partial charge is 0.497 e. The molecule has 1 unspecified atom stereocenters. The van der Waals surface area contributed by atoms with Crippen molar-refractivity contribution in [2.75, 3.05) is 25.6 Å². The van der Waals surface area contributed by atoms with Gasteiger partial charge >= 0.3 is 6.03 Å². The van der Waals surface area contributed by atoms with Crippen molar-refractivity contribution in [3.8, 4) is 11.5 Å². The fraction of sp³-hybridized carbons (Fsp3) is 0.278. The molecule has 2 aromatic carbocycles. The second kappa shape index (κ2) is 6.80. The Labute approximate surface area is 140 Å². The van der Waals surface area contributed by atoms with E-state index < -0.39 is 5.60 Å². The van der Waals surface area contributed by atoms with Gasteiger partial charge in [-0.1, -0.05) is 24.3 Å². The third-order valence-corrected chi connectivity index (χ3v) is 4.03. The van der Waals surface area contributed by atoms with Gasteiger partial charge in [-0.2, -0.15) is 0 Å². The molecule has 2 amide bonds. The van der Waals surface area contributed by atoms with Gasteiger partial charge in [0.2, 0.25) is 0 Å². The maximum Gasteiger partial charge on any atom is 0.319 e. The summed E-state index contributed by atoms with van der Waals surface area (Å²) in [6, 6.07) is 14.0. The summed E-state index contributed by atoms with van der Waals surface area (Å²) >= 11 is 0. The maximum atomic E-state index is 12.1. The lowest BCUT2D eigenvalue weighted by Gasteiger charge is -2.34. The molecule has 6 nitrogen and oxygen atoms in total. The Morgan fingerprint density at radius 1 is 1.29 bits per heavy atom. The van der Waals surface area contributed by atoms with Crippen molar-refractivity contribution in [1.82, 2.24) is 5.32 Å². The van der Waals surface area contributed by atoms with Gasteiger partial charge in [0.25, 0.3) is 0 Å². The van der Waals surface area contributed by atoms with Crippen molar-refractivity contribution in [2.24, 2.45) is 0 Å². The van der Waals surface area contributed by atoms with Crippen LogP contribution in [0.2, 0.25) is 0 Å². The van der Waals surface area contributed by atoms with Gasteiger partial charge in [0, 0.05) is 23.7 Å². The van der Waals surface area contributed by atoms with Crippen LogP contribution in [0.4, 0.5) is 10.5 Å². The average Bonchev–Trinajstić information content (AvgIpc) is 2.61. The lowest BCUT2D eigenvalue weighted by Crippen LogP contribution is -2.45. The van der Waals surface area contributed by atoms with E-state index in [1.165, 1.54) is 0 Å². The summed E-state index contributed by atoms with van der Waals surface area (Å²) in [4.78, 5) is 12.1. The predicted octanol–water partition coefficient (Wildman–Crippen LogP) is 2.49. The number of aliphatic hydroxyl groups is 1. The fourth-order valence-corrected chi connectivity index (χ4v) is 2.73. The number of anilines is 1. The minimum atomic E-state index is -1.14. The summed E-state index contributed by atoms with van der Waals surface area (Å²) in [6.07, 6.45) is 0.420. The SMILES string of the molecule is COc1cccc(NC(=O)NCC2(O)CCOc3ccccc32)c1. The van der Waals surface area contributed by atoms with Gasteiger partial charge in [0.1, 0.15) is 17.1 Å². The summed E-state index contributed by atoms with van der Waals surface area (Å²) in [5.74, 6) is 1.31. The molecule has 1 heterocycles. The number of nitrogens with one attached hydrogen (secondary N) is 2. The lowest BCUT2D eigenvalue weighted by atomic mass is 9.88. The van der Waals surface area contributed by atoms with Gasteiger partial charge in [-0.3, -0.25) is 0 Å². The number of benzene rings is 2. The highest BCUT2D eigenvalue weighted by Gasteiger charge is 2.35. The number of rotatable bonds is 4. The van der Waals surface area contributed by atoms with E-state index in [2.05, 4.69) is 10.6 Å². The molecule has 1 atom stereocenters. The van der Waals surface area contributed by atoms with Crippen LogP contribution in [0.25, 0.3) is 0 Å². The van der Waals surface area contributed by atoms with Gasteiger partial charge in [0.05, 0.1) is 20.3 Å². The third kappa shape index (κ3) is 3.44. The monoisotopic (exact) mass is 328 g/mol. The van der Waals surface area contributed by atoms with Gasteiger partial charge in [-0.25, -0.2) is 4.79 Å². The molecule has 0 saturated carbocycles. The highest BCUT2D eigenvalue weighted by Crippen LogP contribution is 2.36. The standard InChI is InChI=1S/C18H20N2O4/c1-23-14-6-4-5-13(11-14)20-17(21)19-12-18(22)9-10-24-16-8-3-2-7-15(16)18/h2-8,11,22H,9-10,12H2,1H3,(H2,19,20,21). The molecule has 0 aliphatic carbocycles. The molecule has 0 radical (unpaired) electrons. The van der Waals surface area contributed by atoms with Crippen molar-refractivity contribution in [2.45, 2.75) is 12.0 Å². The van der Waals surface area contributed by atoms with E-state index in [1.807, 2.05) is 24.3 Å². The molecule has 1 aliphatic heterocycles. The number of amides is 2. The fourth-order valence-electron chi connectivity index (χ4n) is 2.73. The normalized spacial score (nSPS) is 18.9. The Kier molecular flexibility index (Phi) is 4.57. The molecule has 3 rings (SSSR count). The van der Waals surface area contributed by atoms with Crippen LogP contribution in [0.5, 0.6) is 11.5 Å². The van der Waals surface area contributed by atoms with E-state index in [0.717, 1.165) is 0 Å². The number of urea groups is 1. The molecule has 0 aromatic heterocycles. The highest BCUT2D eigenvalue weighted by molar-refractivity contribution is 5.89. The maximum absolute atomic E-state index is 12.1. The lowest BCUT2D eigenvalue weighted by molar-refractivity contribution is 0.000398. The Morgan fingerprint density at radius 3 is 2.96 bits per heavy atom. The Hall–Kier alpha value is -2.73. The van der Waals surface area contributed by atoms with Crippen LogP contribution in [0.3, 0.4) is 0 Å². The van der Waals surface area contributed by atoms with Crippen molar-refractivity contribution in [1.29, 1.82) is 0 Å². The average molecular weight is 328 g/mol. The van der Waals surface area contributed by atoms with Crippen molar-refractivity contribution >= 4 is 11.7 Å². The summed E-state index contributed by atoms with van der Waals surface area (Å²) in [5.41, 5.74) is 0.171. The molecule has 0 fully saturated rings.